The monoisotopic (exact) mass is 370 g/mol. The van der Waals surface area contributed by atoms with Gasteiger partial charge in [0.05, 0.1) is 23.2 Å². The molecule has 0 atom stereocenters. The van der Waals surface area contributed by atoms with Crippen LogP contribution in [0.1, 0.15) is 18.2 Å². The van der Waals surface area contributed by atoms with Gasteiger partial charge < -0.3 is 9.94 Å². The van der Waals surface area contributed by atoms with Gasteiger partial charge >= 0.3 is 0 Å². The maximum atomic E-state index is 13.4. The normalized spacial score (nSPS) is 12.3. The largest absolute Gasteiger partial charge is 0.497 e. The molecule has 0 aliphatic carbocycles. The minimum atomic E-state index is -3.94. The average molecular weight is 370 g/mol. The Bertz CT molecular complexity index is 1110. The summed E-state index contributed by atoms with van der Waals surface area (Å²) in [5.74, 6) is 0.514. The fourth-order valence-corrected chi connectivity index (χ4v) is 4.53. The number of oxime groups is 1. The summed E-state index contributed by atoms with van der Waals surface area (Å²) in [7, 11) is -2.43. The summed E-state index contributed by atoms with van der Waals surface area (Å²) in [6, 6.07) is 13.2. The third-order valence-electron chi connectivity index (χ3n) is 4.15. The van der Waals surface area contributed by atoms with Crippen LogP contribution in [0.2, 0.25) is 0 Å². The lowest BCUT2D eigenvalue weighted by atomic mass is 10.1. The van der Waals surface area contributed by atoms with E-state index in [0.717, 1.165) is 0 Å². The molecule has 0 fully saturated rings. The molecule has 0 saturated carbocycles. The Kier molecular flexibility index (Phi) is 4.56. The third-order valence-corrected chi connectivity index (χ3v) is 5.88. The molecule has 1 N–H and O–H groups in total. The van der Waals surface area contributed by atoms with Crippen LogP contribution in [0.25, 0.3) is 17.0 Å². The molecule has 0 aliphatic rings. The van der Waals surface area contributed by atoms with Gasteiger partial charge in [-0.25, -0.2) is 12.4 Å². The Morgan fingerprint density at radius 3 is 2.50 bits per heavy atom. The standard InChI is InChI=1S/C19H18N2O4S/c1-4-16-17-11-10-14(25-3)12-18(17)21(19(16)13(2)20-22)26(23,24)15-8-6-5-7-9-15/h4-12,22H,1H2,2-3H3/b20-13+. The van der Waals surface area contributed by atoms with Crippen LogP contribution in [0.3, 0.4) is 0 Å². The molecular formula is C19H18N2O4S. The molecule has 6 nitrogen and oxygen atoms in total. The van der Waals surface area contributed by atoms with E-state index in [1.165, 1.54) is 30.1 Å². The molecule has 2 aromatic carbocycles. The molecule has 1 heterocycles. The lowest BCUT2D eigenvalue weighted by molar-refractivity contribution is 0.319. The number of benzene rings is 2. The van der Waals surface area contributed by atoms with Gasteiger partial charge in [-0.05, 0) is 31.2 Å². The highest BCUT2D eigenvalue weighted by Crippen LogP contribution is 2.33. The van der Waals surface area contributed by atoms with Crippen molar-refractivity contribution in [1.29, 1.82) is 0 Å². The number of fused-ring (bicyclic) bond motifs is 1. The summed E-state index contributed by atoms with van der Waals surface area (Å²) in [5, 5.41) is 13.2. The zero-order chi connectivity index (χ0) is 18.9. The Hall–Kier alpha value is -3.06. The van der Waals surface area contributed by atoms with Crippen molar-refractivity contribution in [1.82, 2.24) is 3.97 Å². The van der Waals surface area contributed by atoms with E-state index < -0.39 is 10.0 Å². The molecule has 7 heteroatoms. The first-order chi connectivity index (χ1) is 12.5. The van der Waals surface area contributed by atoms with Gasteiger partial charge in [0, 0.05) is 17.0 Å². The van der Waals surface area contributed by atoms with E-state index in [4.69, 9.17) is 4.74 Å². The van der Waals surface area contributed by atoms with Crippen molar-refractivity contribution < 1.29 is 18.4 Å². The zero-order valence-corrected chi connectivity index (χ0v) is 15.2. The molecule has 0 radical (unpaired) electrons. The summed E-state index contributed by atoms with van der Waals surface area (Å²) < 4.78 is 33.2. The van der Waals surface area contributed by atoms with Crippen LogP contribution in [-0.4, -0.2) is 30.4 Å². The van der Waals surface area contributed by atoms with Crippen LogP contribution in [0.15, 0.2) is 65.2 Å². The van der Waals surface area contributed by atoms with E-state index in [0.29, 0.717) is 22.2 Å². The van der Waals surface area contributed by atoms with Crippen molar-refractivity contribution in [2.75, 3.05) is 7.11 Å². The Morgan fingerprint density at radius 1 is 1.23 bits per heavy atom. The maximum Gasteiger partial charge on any atom is 0.268 e. The van der Waals surface area contributed by atoms with Crippen LogP contribution in [0, 0.1) is 0 Å². The summed E-state index contributed by atoms with van der Waals surface area (Å²) in [6.07, 6.45) is 1.55. The second kappa shape index (κ2) is 6.68. The molecule has 0 aliphatic heterocycles. The van der Waals surface area contributed by atoms with Gasteiger partial charge in [0.25, 0.3) is 10.0 Å². The molecular weight excluding hydrogens is 352 g/mol. The Labute approximate surface area is 151 Å². The van der Waals surface area contributed by atoms with E-state index in [1.807, 2.05) is 0 Å². The molecule has 3 rings (SSSR count). The maximum absolute atomic E-state index is 13.4. The first-order valence-electron chi connectivity index (χ1n) is 7.80. The van der Waals surface area contributed by atoms with Gasteiger partial charge in [0.15, 0.2) is 0 Å². The molecule has 0 spiro atoms. The van der Waals surface area contributed by atoms with Gasteiger partial charge in [0.1, 0.15) is 11.5 Å². The van der Waals surface area contributed by atoms with Gasteiger partial charge in [-0.3, -0.25) is 0 Å². The predicted octanol–water partition coefficient (Wildman–Crippen LogP) is 3.73. The molecule has 3 aromatic rings. The molecule has 1 aromatic heterocycles. The van der Waals surface area contributed by atoms with Gasteiger partial charge in [-0.2, -0.15) is 0 Å². The summed E-state index contributed by atoms with van der Waals surface area (Å²) in [4.78, 5) is 0.127. The Morgan fingerprint density at radius 2 is 1.92 bits per heavy atom. The zero-order valence-electron chi connectivity index (χ0n) is 14.4. The number of hydrogen-bond acceptors (Lipinski definition) is 5. The number of methoxy groups -OCH3 is 1. The summed E-state index contributed by atoms with van der Waals surface area (Å²) in [6.45, 7) is 5.33. The van der Waals surface area contributed by atoms with E-state index >= 15 is 0 Å². The van der Waals surface area contributed by atoms with Crippen molar-refractivity contribution >= 4 is 32.7 Å². The molecule has 26 heavy (non-hydrogen) atoms. The molecule has 0 saturated heterocycles. The number of ether oxygens (including phenoxy) is 1. The SMILES string of the molecule is C=Cc1c(/C(C)=N/O)n(S(=O)(=O)c2ccccc2)c2cc(OC)ccc12. The van der Waals surface area contributed by atoms with Crippen LogP contribution >= 0.6 is 0 Å². The first kappa shape index (κ1) is 17.8. The smallest absolute Gasteiger partial charge is 0.268 e. The average Bonchev–Trinajstić information content (AvgIpc) is 3.02. The van der Waals surface area contributed by atoms with Crippen LogP contribution in [0.4, 0.5) is 0 Å². The fourth-order valence-electron chi connectivity index (χ4n) is 2.93. The predicted molar refractivity (Wildman–Crippen MR) is 102 cm³/mol. The molecule has 134 valence electrons. The van der Waals surface area contributed by atoms with Gasteiger partial charge in [0.2, 0.25) is 0 Å². The van der Waals surface area contributed by atoms with Crippen LogP contribution in [-0.2, 0) is 10.0 Å². The van der Waals surface area contributed by atoms with Crippen molar-refractivity contribution in [3.05, 3.63) is 66.4 Å². The Balaban J connectivity index is 2.52. The minimum Gasteiger partial charge on any atom is -0.497 e. The van der Waals surface area contributed by atoms with E-state index in [-0.39, 0.29) is 16.3 Å². The van der Waals surface area contributed by atoms with Crippen molar-refractivity contribution in [3.8, 4) is 5.75 Å². The van der Waals surface area contributed by atoms with E-state index in [1.54, 1.807) is 42.5 Å². The lowest BCUT2D eigenvalue weighted by Gasteiger charge is -2.12. The number of nitrogens with zero attached hydrogens (tertiary/aromatic N) is 2. The fraction of sp³-hybridized carbons (Fsp3) is 0.105. The highest BCUT2D eigenvalue weighted by molar-refractivity contribution is 7.90. The second-order valence-electron chi connectivity index (χ2n) is 5.62. The third kappa shape index (κ3) is 2.66. The quantitative estimate of drug-likeness (QED) is 0.422. The van der Waals surface area contributed by atoms with E-state index in [2.05, 4.69) is 11.7 Å². The first-order valence-corrected chi connectivity index (χ1v) is 9.24. The summed E-state index contributed by atoms with van der Waals surface area (Å²) >= 11 is 0. The number of aromatic nitrogens is 1. The molecule has 0 unspecified atom stereocenters. The second-order valence-corrected chi connectivity index (χ2v) is 7.40. The van der Waals surface area contributed by atoms with Crippen LogP contribution in [0.5, 0.6) is 5.75 Å². The van der Waals surface area contributed by atoms with Crippen LogP contribution < -0.4 is 4.74 Å². The lowest BCUT2D eigenvalue weighted by Crippen LogP contribution is -2.18. The highest BCUT2D eigenvalue weighted by Gasteiger charge is 2.27. The molecule has 0 amide bonds. The van der Waals surface area contributed by atoms with Crippen molar-refractivity contribution in [3.63, 3.8) is 0 Å². The molecule has 0 bridgehead atoms. The highest BCUT2D eigenvalue weighted by atomic mass is 32.2. The van der Waals surface area contributed by atoms with Crippen molar-refractivity contribution in [2.45, 2.75) is 11.8 Å². The number of hydrogen-bond donors (Lipinski definition) is 1. The topological polar surface area (TPSA) is 80.9 Å². The summed E-state index contributed by atoms with van der Waals surface area (Å²) in [5.41, 5.74) is 1.41. The number of rotatable bonds is 5. The van der Waals surface area contributed by atoms with E-state index in [9.17, 15) is 13.6 Å². The van der Waals surface area contributed by atoms with Gasteiger partial charge in [-0.1, -0.05) is 36.0 Å². The van der Waals surface area contributed by atoms with Gasteiger partial charge in [-0.15, -0.1) is 0 Å². The van der Waals surface area contributed by atoms with Crippen molar-refractivity contribution in [2.24, 2.45) is 5.16 Å². The minimum absolute atomic E-state index is 0.127.